The van der Waals surface area contributed by atoms with E-state index in [0.717, 1.165) is 0 Å². The van der Waals surface area contributed by atoms with Gasteiger partial charge in [-0.25, -0.2) is 4.39 Å². The van der Waals surface area contributed by atoms with Gasteiger partial charge >= 0.3 is 45.0 Å². The normalized spacial score (nSPS) is 16.4. The Kier molecular flexibility index (Phi) is 8.57. The molecule has 29 heavy (non-hydrogen) atoms. The molecular formula is C11H14F13NO3S. The van der Waals surface area contributed by atoms with Gasteiger partial charge in [0.1, 0.15) is 0 Å². The number of hydrogen-bond donors (Lipinski definition) is 2. The van der Waals surface area contributed by atoms with Gasteiger partial charge in [-0.2, -0.15) is 61.1 Å². The number of rotatable bonds is 10. The summed E-state index contributed by atoms with van der Waals surface area (Å²) in [5.74, 6) is -38.8. The minimum Gasteiger partial charge on any atom is -0.344 e. The molecule has 0 aliphatic heterocycles. The fourth-order valence-corrected chi connectivity index (χ4v) is 2.16. The number of hydrogen-bond acceptors (Lipinski definition) is 3. The van der Waals surface area contributed by atoms with E-state index in [9.17, 15) is 65.5 Å². The summed E-state index contributed by atoms with van der Waals surface area (Å²) in [6.45, 7) is 1.18. The molecule has 0 aromatic rings. The SMILES string of the molecule is CCCCC(F)C(F)(F)C(F)(F)C(F)(F)C(F)(F)C(F)(F)C(F)(F)S(=O)(=O)O.N. The zero-order valence-corrected chi connectivity index (χ0v) is 14.8. The van der Waals surface area contributed by atoms with E-state index < -0.39 is 64.0 Å². The summed E-state index contributed by atoms with van der Waals surface area (Å²) in [5.41, 5.74) is 0. The van der Waals surface area contributed by atoms with Crippen molar-refractivity contribution in [3.63, 3.8) is 0 Å². The second kappa shape index (κ2) is 8.24. The van der Waals surface area contributed by atoms with Crippen molar-refractivity contribution in [1.29, 1.82) is 0 Å². The predicted octanol–water partition coefficient (Wildman–Crippen LogP) is 5.33. The largest absolute Gasteiger partial charge is 0.438 e. The molecule has 0 bridgehead atoms. The lowest BCUT2D eigenvalue weighted by Crippen LogP contribution is -2.72. The molecule has 0 spiro atoms. The third-order valence-electron chi connectivity index (χ3n) is 3.50. The molecule has 0 saturated heterocycles. The molecule has 0 heterocycles. The van der Waals surface area contributed by atoms with Gasteiger partial charge in [0.2, 0.25) is 0 Å². The zero-order chi connectivity index (χ0) is 23.2. The van der Waals surface area contributed by atoms with Crippen molar-refractivity contribution >= 4 is 10.1 Å². The average Bonchev–Trinajstić information content (AvgIpc) is 2.50. The molecule has 4 nitrogen and oxygen atoms in total. The van der Waals surface area contributed by atoms with Crippen molar-refractivity contribution in [1.82, 2.24) is 6.15 Å². The molecule has 18 heteroatoms. The van der Waals surface area contributed by atoms with Crippen LogP contribution in [-0.4, -0.2) is 54.0 Å². The average molecular weight is 487 g/mol. The molecule has 1 unspecified atom stereocenters. The van der Waals surface area contributed by atoms with Crippen molar-refractivity contribution < 1.29 is 70.0 Å². The van der Waals surface area contributed by atoms with Crippen molar-refractivity contribution in [3.05, 3.63) is 0 Å². The lowest BCUT2D eigenvalue weighted by Gasteiger charge is -2.41. The molecular weight excluding hydrogens is 473 g/mol. The lowest BCUT2D eigenvalue weighted by atomic mass is 9.91. The van der Waals surface area contributed by atoms with Gasteiger partial charge in [0.05, 0.1) is 0 Å². The Balaban J connectivity index is 0. The summed E-state index contributed by atoms with van der Waals surface area (Å²) in [6.07, 6.45) is -6.72. The number of unbranched alkanes of at least 4 members (excludes halogenated alkanes) is 1. The fraction of sp³-hybridized carbons (Fsp3) is 1.00. The van der Waals surface area contributed by atoms with Gasteiger partial charge in [0.15, 0.2) is 6.17 Å². The highest BCUT2D eigenvalue weighted by molar-refractivity contribution is 7.87. The minimum atomic E-state index is -8.20. The first kappa shape index (κ1) is 30.2. The molecule has 1 atom stereocenters. The second-order valence-electron chi connectivity index (χ2n) is 5.52. The third kappa shape index (κ3) is 4.24. The van der Waals surface area contributed by atoms with Crippen LogP contribution in [-0.2, 0) is 10.1 Å². The Morgan fingerprint density at radius 2 is 1.10 bits per heavy atom. The van der Waals surface area contributed by atoms with Crippen LogP contribution < -0.4 is 6.15 Å². The maximum Gasteiger partial charge on any atom is 0.438 e. The van der Waals surface area contributed by atoms with Gasteiger partial charge in [-0.05, 0) is 6.42 Å². The summed E-state index contributed by atoms with van der Waals surface area (Å²) in [4.78, 5) is 0. The Hall–Kier alpha value is -1.04. The molecule has 0 aromatic heterocycles. The van der Waals surface area contributed by atoms with Crippen LogP contribution in [0, 0.1) is 0 Å². The summed E-state index contributed by atoms with van der Waals surface area (Å²) < 4.78 is 200. The van der Waals surface area contributed by atoms with Crippen LogP contribution in [0.2, 0.25) is 0 Å². The lowest BCUT2D eigenvalue weighted by molar-refractivity contribution is -0.421. The molecule has 0 aliphatic rings. The molecule has 178 valence electrons. The summed E-state index contributed by atoms with van der Waals surface area (Å²) in [5, 5.41) is -7.50. The Labute approximate surface area is 154 Å². The number of alkyl halides is 13. The maximum absolute atomic E-state index is 13.4. The monoisotopic (exact) mass is 487 g/mol. The van der Waals surface area contributed by atoms with Gasteiger partial charge in [0, 0.05) is 0 Å². The van der Waals surface area contributed by atoms with Crippen LogP contribution in [0.4, 0.5) is 57.1 Å². The Bertz CT molecular complexity index is 665. The van der Waals surface area contributed by atoms with Crippen molar-refractivity contribution in [2.75, 3.05) is 0 Å². The van der Waals surface area contributed by atoms with Gasteiger partial charge in [-0.1, -0.05) is 19.8 Å². The molecule has 0 amide bonds. The van der Waals surface area contributed by atoms with E-state index in [4.69, 9.17) is 4.55 Å². The third-order valence-corrected chi connectivity index (χ3v) is 4.40. The van der Waals surface area contributed by atoms with Crippen molar-refractivity contribution in [2.24, 2.45) is 0 Å². The van der Waals surface area contributed by atoms with Gasteiger partial charge in [0.25, 0.3) is 0 Å². The van der Waals surface area contributed by atoms with Gasteiger partial charge < -0.3 is 6.15 Å². The van der Waals surface area contributed by atoms with Crippen LogP contribution in [0.5, 0.6) is 0 Å². The Morgan fingerprint density at radius 3 is 1.41 bits per heavy atom. The highest BCUT2D eigenvalue weighted by atomic mass is 32.2. The summed E-state index contributed by atoms with van der Waals surface area (Å²) in [6, 6.07) is 0. The fourth-order valence-electron chi connectivity index (χ4n) is 1.71. The zero-order valence-electron chi connectivity index (χ0n) is 14.0. The Morgan fingerprint density at radius 1 is 0.759 bits per heavy atom. The van der Waals surface area contributed by atoms with Gasteiger partial charge in [-0.3, -0.25) is 4.55 Å². The molecule has 0 fully saturated rings. The van der Waals surface area contributed by atoms with E-state index in [1.807, 2.05) is 0 Å². The maximum atomic E-state index is 13.4. The van der Waals surface area contributed by atoms with E-state index in [-0.39, 0.29) is 12.6 Å². The highest BCUT2D eigenvalue weighted by Crippen LogP contribution is 2.61. The van der Waals surface area contributed by atoms with Crippen molar-refractivity contribution in [2.45, 2.75) is 67.2 Å². The topological polar surface area (TPSA) is 89.4 Å². The first-order valence-corrected chi connectivity index (χ1v) is 8.30. The molecule has 0 aromatic carbocycles. The molecule has 0 rings (SSSR count). The first-order chi connectivity index (χ1) is 12.0. The smallest absolute Gasteiger partial charge is 0.344 e. The van der Waals surface area contributed by atoms with Crippen molar-refractivity contribution in [3.8, 4) is 0 Å². The van der Waals surface area contributed by atoms with Crippen LogP contribution in [0.3, 0.4) is 0 Å². The summed E-state index contributed by atoms with van der Waals surface area (Å²) >= 11 is 0. The molecule has 4 N–H and O–H groups in total. The quantitative estimate of drug-likeness (QED) is 0.322. The molecule has 0 saturated carbocycles. The van der Waals surface area contributed by atoms with E-state index in [0.29, 0.717) is 0 Å². The number of halogens is 13. The van der Waals surface area contributed by atoms with E-state index >= 15 is 0 Å². The van der Waals surface area contributed by atoms with Crippen LogP contribution in [0.1, 0.15) is 26.2 Å². The highest BCUT2D eigenvalue weighted by Gasteiger charge is 2.92. The molecule has 0 radical (unpaired) electrons. The first-order valence-electron chi connectivity index (χ1n) is 6.86. The second-order valence-corrected chi connectivity index (χ2v) is 6.99. The van der Waals surface area contributed by atoms with E-state index in [1.165, 1.54) is 6.92 Å². The molecule has 0 aliphatic carbocycles. The van der Waals surface area contributed by atoms with E-state index in [1.54, 1.807) is 0 Å². The van der Waals surface area contributed by atoms with Gasteiger partial charge in [-0.15, -0.1) is 0 Å². The van der Waals surface area contributed by atoms with Crippen LogP contribution >= 0.6 is 0 Å². The van der Waals surface area contributed by atoms with E-state index in [2.05, 4.69) is 0 Å². The van der Waals surface area contributed by atoms with Crippen LogP contribution in [0.15, 0.2) is 0 Å². The minimum absolute atomic E-state index is 0. The summed E-state index contributed by atoms with van der Waals surface area (Å²) in [7, 11) is -7.62. The standard InChI is InChI=1S/C11H11F13O3S.H3N/c1-2-3-4-5(12)6(13,14)7(15,16)8(17,18)9(19,20)10(21,22)11(23,24)28(25,26)27;/h5H,2-4H2,1H3,(H,25,26,27);1H3. The predicted molar refractivity (Wildman–Crippen MR) is 70.7 cm³/mol. The van der Waals surface area contributed by atoms with Crippen LogP contribution in [0.25, 0.3) is 0 Å².